The number of fused-ring (bicyclic) bond motifs is 2. The van der Waals surface area contributed by atoms with Crippen LogP contribution in [0, 0.1) is 0 Å². The highest BCUT2D eigenvalue weighted by atomic mass is 32.2. The van der Waals surface area contributed by atoms with E-state index in [0.717, 1.165) is 10.5 Å². The monoisotopic (exact) mass is 314 g/mol. The minimum Gasteiger partial charge on any atom is -0.508 e. The van der Waals surface area contributed by atoms with Crippen LogP contribution < -0.4 is 0 Å². The van der Waals surface area contributed by atoms with Gasteiger partial charge in [0, 0.05) is 15.9 Å². The lowest BCUT2D eigenvalue weighted by Gasteiger charge is -2.31. The fourth-order valence-corrected chi connectivity index (χ4v) is 4.51. The molecule has 0 saturated heterocycles. The lowest BCUT2D eigenvalue weighted by atomic mass is 9.70. The molecular formula is C18H18O3S. The average molecular weight is 314 g/mol. The zero-order chi connectivity index (χ0) is 15.9. The molecule has 22 heavy (non-hydrogen) atoms. The molecule has 1 aliphatic heterocycles. The van der Waals surface area contributed by atoms with Crippen LogP contribution in [-0.2, 0) is 5.41 Å². The second-order valence-corrected chi connectivity index (χ2v) is 6.64. The first kappa shape index (κ1) is 15.0. The topological polar surface area (TPSA) is 57.5 Å². The van der Waals surface area contributed by atoms with Crippen molar-refractivity contribution in [1.29, 1.82) is 0 Å². The molecule has 2 N–H and O–H groups in total. The van der Waals surface area contributed by atoms with Crippen molar-refractivity contribution in [2.45, 2.75) is 41.9 Å². The highest BCUT2D eigenvalue weighted by Gasteiger charge is 2.43. The number of carbonyl (C=O) groups is 1. The molecule has 0 radical (unpaired) electrons. The van der Waals surface area contributed by atoms with E-state index >= 15 is 0 Å². The van der Waals surface area contributed by atoms with Gasteiger partial charge in [0.25, 0.3) is 0 Å². The molecule has 114 valence electrons. The van der Waals surface area contributed by atoms with Crippen LogP contribution in [-0.4, -0.2) is 16.0 Å². The van der Waals surface area contributed by atoms with Crippen LogP contribution in [0.5, 0.6) is 11.5 Å². The van der Waals surface area contributed by atoms with Gasteiger partial charge in [-0.2, -0.15) is 0 Å². The molecule has 0 aliphatic carbocycles. The molecular weight excluding hydrogens is 296 g/mol. The fourth-order valence-electron chi connectivity index (χ4n) is 3.28. The number of ketones is 1. The van der Waals surface area contributed by atoms with Gasteiger partial charge in [-0.1, -0.05) is 43.8 Å². The molecule has 0 amide bonds. The van der Waals surface area contributed by atoms with Crippen LogP contribution in [0.4, 0.5) is 0 Å². The summed E-state index contributed by atoms with van der Waals surface area (Å²) in [5, 5.41) is 20.0. The lowest BCUT2D eigenvalue weighted by molar-refractivity contribution is 0.0865. The minimum absolute atomic E-state index is 0.0328. The van der Waals surface area contributed by atoms with Gasteiger partial charge in [-0.25, -0.2) is 0 Å². The Hall–Kier alpha value is -1.94. The van der Waals surface area contributed by atoms with Crippen molar-refractivity contribution in [3.63, 3.8) is 0 Å². The van der Waals surface area contributed by atoms with E-state index in [-0.39, 0.29) is 17.3 Å². The number of phenols is 2. The highest BCUT2D eigenvalue weighted by molar-refractivity contribution is 7.99. The standard InChI is InChI=1S/C18H18O3S/c1-3-18(4-2)12-7-5-6-8-14(12)22-15-10-11(19)9-13(20)16(15)17(18)21/h5-10,19-20H,3-4H2,1-2H3. The highest BCUT2D eigenvalue weighted by Crippen LogP contribution is 2.50. The van der Waals surface area contributed by atoms with E-state index in [1.165, 1.54) is 17.8 Å². The van der Waals surface area contributed by atoms with Gasteiger partial charge in [0.2, 0.25) is 0 Å². The maximum atomic E-state index is 13.3. The summed E-state index contributed by atoms with van der Waals surface area (Å²) >= 11 is 1.43. The number of phenolic OH excluding ortho intramolecular Hbond substituents is 2. The molecule has 0 spiro atoms. The van der Waals surface area contributed by atoms with E-state index in [9.17, 15) is 15.0 Å². The van der Waals surface area contributed by atoms with Gasteiger partial charge in [-0.15, -0.1) is 0 Å². The van der Waals surface area contributed by atoms with Gasteiger partial charge in [0.05, 0.1) is 11.0 Å². The van der Waals surface area contributed by atoms with E-state index in [1.807, 2.05) is 38.1 Å². The summed E-state index contributed by atoms with van der Waals surface area (Å²) in [6, 6.07) is 10.7. The molecule has 0 fully saturated rings. The summed E-state index contributed by atoms with van der Waals surface area (Å²) in [5.74, 6) is -0.247. The van der Waals surface area contributed by atoms with Gasteiger partial charge in [-0.05, 0) is 30.5 Å². The quantitative estimate of drug-likeness (QED) is 0.856. The Bertz CT molecular complexity index is 748. The summed E-state index contributed by atoms with van der Waals surface area (Å²) in [7, 11) is 0. The fraction of sp³-hybridized carbons (Fsp3) is 0.278. The van der Waals surface area contributed by atoms with Crippen LogP contribution in [0.3, 0.4) is 0 Å². The number of rotatable bonds is 2. The maximum absolute atomic E-state index is 13.3. The second-order valence-electron chi connectivity index (χ2n) is 5.55. The smallest absolute Gasteiger partial charge is 0.178 e. The summed E-state index contributed by atoms with van der Waals surface area (Å²) < 4.78 is 0. The SMILES string of the molecule is CCC1(CC)C(=O)c2c(O)cc(O)cc2Sc2ccccc21. The first-order chi connectivity index (χ1) is 10.5. The van der Waals surface area contributed by atoms with Crippen LogP contribution in [0.1, 0.15) is 42.6 Å². The Balaban J connectivity index is 2.37. The van der Waals surface area contributed by atoms with E-state index in [0.29, 0.717) is 23.3 Å². The second kappa shape index (κ2) is 5.36. The third-order valence-corrected chi connectivity index (χ3v) is 5.68. The maximum Gasteiger partial charge on any atom is 0.178 e. The molecule has 0 atom stereocenters. The van der Waals surface area contributed by atoms with Crippen molar-refractivity contribution < 1.29 is 15.0 Å². The molecule has 0 aromatic heterocycles. The van der Waals surface area contributed by atoms with Crippen LogP contribution >= 0.6 is 11.8 Å². The van der Waals surface area contributed by atoms with Crippen molar-refractivity contribution in [3.05, 3.63) is 47.5 Å². The molecule has 3 rings (SSSR count). The van der Waals surface area contributed by atoms with Gasteiger partial charge in [0.15, 0.2) is 5.78 Å². The van der Waals surface area contributed by atoms with E-state index < -0.39 is 5.41 Å². The van der Waals surface area contributed by atoms with Crippen LogP contribution in [0.2, 0.25) is 0 Å². The Morgan fingerprint density at radius 1 is 1.05 bits per heavy atom. The molecule has 1 aliphatic rings. The molecule has 2 aromatic rings. The predicted octanol–water partition coefficient (Wildman–Crippen LogP) is 4.50. The molecule has 0 bridgehead atoms. The Kier molecular flexibility index (Phi) is 3.65. The van der Waals surface area contributed by atoms with E-state index in [4.69, 9.17) is 0 Å². The molecule has 4 heteroatoms. The molecule has 2 aromatic carbocycles. The number of Topliss-reactive ketones (excluding diaryl/α,β-unsaturated/α-hetero) is 1. The third kappa shape index (κ3) is 2.02. The first-order valence-corrected chi connectivity index (χ1v) is 8.23. The Labute approximate surface area is 134 Å². The summed E-state index contributed by atoms with van der Waals surface area (Å²) in [6.07, 6.45) is 1.33. The molecule has 0 unspecified atom stereocenters. The number of benzene rings is 2. The lowest BCUT2D eigenvalue weighted by Crippen LogP contribution is -2.34. The van der Waals surface area contributed by atoms with Gasteiger partial charge < -0.3 is 10.2 Å². The minimum atomic E-state index is -0.636. The van der Waals surface area contributed by atoms with Gasteiger partial charge in [0.1, 0.15) is 11.5 Å². The predicted molar refractivity (Wildman–Crippen MR) is 86.9 cm³/mol. The van der Waals surface area contributed by atoms with Crippen molar-refractivity contribution in [2.75, 3.05) is 0 Å². The van der Waals surface area contributed by atoms with Crippen molar-refractivity contribution in [1.82, 2.24) is 0 Å². The average Bonchev–Trinajstić information content (AvgIpc) is 2.59. The first-order valence-electron chi connectivity index (χ1n) is 7.41. The normalized spacial score (nSPS) is 15.8. The van der Waals surface area contributed by atoms with Crippen molar-refractivity contribution in [3.8, 4) is 11.5 Å². The zero-order valence-electron chi connectivity index (χ0n) is 12.6. The number of hydrogen-bond donors (Lipinski definition) is 2. The number of carbonyl (C=O) groups excluding carboxylic acids is 1. The van der Waals surface area contributed by atoms with Crippen molar-refractivity contribution in [2.24, 2.45) is 0 Å². The number of hydrogen-bond acceptors (Lipinski definition) is 4. The summed E-state index contributed by atoms with van der Waals surface area (Å²) in [5.41, 5.74) is 0.691. The van der Waals surface area contributed by atoms with Crippen molar-refractivity contribution >= 4 is 17.5 Å². The largest absolute Gasteiger partial charge is 0.508 e. The summed E-state index contributed by atoms with van der Waals surface area (Å²) in [4.78, 5) is 14.9. The molecule has 0 saturated carbocycles. The van der Waals surface area contributed by atoms with E-state index in [2.05, 4.69) is 0 Å². The molecule has 1 heterocycles. The summed E-state index contributed by atoms with van der Waals surface area (Å²) in [6.45, 7) is 4.01. The van der Waals surface area contributed by atoms with Crippen LogP contribution in [0.25, 0.3) is 0 Å². The zero-order valence-corrected chi connectivity index (χ0v) is 13.4. The number of aromatic hydroxyl groups is 2. The Morgan fingerprint density at radius 2 is 1.73 bits per heavy atom. The molecule has 3 nitrogen and oxygen atoms in total. The van der Waals surface area contributed by atoms with Gasteiger partial charge in [-0.3, -0.25) is 4.79 Å². The Morgan fingerprint density at radius 3 is 2.41 bits per heavy atom. The van der Waals surface area contributed by atoms with Crippen LogP contribution in [0.15, 0.2) is 46.2 Å². The van der Waals surface area contributed by atoms with Gasteiger partial charge >= 0.3 is 0 Å². The van der Waals surface area contributed by atoms with E-state index in [1.54, 1.807) is 6.07 Å². The third-order valence-electron chi connectivity index (χ3n) is 4.56.